The Hall–Kier alpha value is -0.700. The minimum Gasteiger partial charge on any atom is -0.366 e. The number of carbonyl (C=O) groups excluding carboxylic acids is 1. The van der Waals surface area contributed by atoms with E-state index in [1.54, 1.807) is 13.0 Å². The van der Waals surface area contributed by atoms with E-state index in [9.17, 15) is 13.2 Å². The third-order valence-corrected chi connectivity index (χ3v) is 4.17. The Morgan fingerprint density at radius 3 is 2.12 bits per heavy atom. The Morgan fingerprint density at radius 2 is 2.00 bits per heavy atom. The van der Waals surface area contributed by atoms with Crippen LogP contribution in [0, 0.1) is 0 Å². The fraction of sp³-hybridized carbons (Fsp3) is 0.125. The van der Waals surface area contributed by atoms with Crippen molar-refractivity contribution in [1.82, 2.24) is 0 Å². The zero-order valence-electron chi connectivity index (χ0n) is 8.31. The van der Waals surface area contributed by atoms with Crippen LogP contribution in [0.5, 0.6) is 0 Å². The van der Waals surface area contributed by atoms with Crippen molar-refractivity contribution in [2.45, 2.75) is 11.1 Å². The zero-order chi connectivity index (χ0) is 12.9. The van der Waals surface area contributed by atoms with Gasteiger partial charge >= 0.3 is 10.1 Å². The van der Waals surface area contributed by atoms with Gasteiger partial charge in [0, 0.05) is 5.57 Å². The third kappa shape index (κ3) is 6.01. The summed E-state index contributed by atoms with van der Waals surface area (Å²) in [6.07, 6.45) is 0. The van der Waals surface area contributed by atoms with Crippen LogP contribution in [0.4, 0.5) is 0 Å². The lowest BCUT2D eigenvalue weighted by Crippen LogP contribution is -2.10. The van der Waals surface area contributed by atoms with Crippen molar-refractivity contribution in [2.75, 3.05) is 0 Å². The molecule has 1 aromatic heterocycles. The maximum absolute atomic E-state index is 10.4. The van der Waals surface area contributed by atoms with Crippen LogP contribution in [-0.4, -0.2) is 18.9 Å². The molecule has 0 bridgehead atoms. The maximum atomic E-state index is 10.4. The fourth-order valence-electron chi connectivity index (χ4n) is 0.436. The number of hydrogen-bond donors (Lipinski definition) is 2. The van der Waals surface area contributed by atoms with E-state index in [1.165, 1.54) is 6.07 Å². The first-order valence-electron chi connectivity index (χ1n) is 3.82. The summed E-state index contributed by atoms with van der Waals surface area (Å²) in [7, 11) is -3.99. The van der Waals surface area contributed by atoms with Crippen LogP contribution in [0.1, 0.15) is 6.92 Å². The molecule has 0 aliphatic heterocycles. The van der Waals surface area contributed by atoms with Gasteiger partial charge in [-0.3, -0.25) is 9.35 Å². The number of nitrogens with two attached hydrogens (primary N) is 1. The van der Waals surface area contributed by atoms with E-state index >= 15 is 0 Å². The third-order valence-electron chi connectivity index (χ3n) is 1.22. The van der Waals surface area contributed by atoms with Crippen LogP contribution in [0.2, 0.25) is 0 Å². The molecule has 0 aromatic carbocycles. The molecule has 1 heterocycles. The highest BCUT2D eigenvalue weighted by Crippen LogP contribution is 2.25. The van der Waals surface area contributed by atoms with Gasteiger partial charge < -0.3 is 5.73 Å². The molecule has 0 aliphatic carbocycles. The molecule has 0 atom stereocenters. The lowest BCUT2D eigenvalue weighted by molar-refractivity contribution is -0.114. The molecule has 3 N–H and O–H groups in total. The van der Waals surface area contributed by atoms with Gasteiger partial charge in [0.15, 0.2) is 0 Å². The van der Waals surface area contributed by atoms with Crippen LogP contribution in [0.15, 0.2) is 32.3 Å². The SMILES string of the molecule is C=C(C)C(N)=O.O=S(=O)(O)c1ccc(Br)s1. The Kier molecular flexibility index (Phi) is 5.87. The summed E-state index contributed by atoms with van der Waals surface area (Å²) in [6, 6.07) is 2.90. The predicted octanol–water partition coefficient (Wildman–Crippen LogP) is 1.81. The van der Waals surface area contributed by atoms with E-state index in [4.69, 9.17) is 10.3 Å². The van der Waals surface area contributed by atoms with Crippen molar-refractivity contribution in [3.63, 3.8) is 0 Å². The molecule has 0 fully saturated rings. The van der Waals surface area contributed by atoms with E-state index < -0.39 is 16.0 Å². The van der Waals surface area contributed by atoms with E-state index in [0.717, 1.165) is 11.3 Å². The second-order valence-corrected chi connectivity index (χ2v) is 6.79. The predicted molar refractivity (Wildman–Crippen MR) is 65.8 cm³/mol. The average Bonchev–Trinajstić information content (AvgIpc) is 2.51. The standard InChI is InChI=1S/C4H3BrO3S2.C4H7NO/c5-3-1-2-4(9-3)10(6,7)8;1-3(2)4(5)6/h1-2H,(H,6,7,8);1H2,2H3,(H2,5,6). The largest absolute Gasteiger partial charge is 0.366 e. The molecule has 1 rings (SSSR count). The smallest absolute Gasteiger partial charge is 0.304 e. The van der Waals surface area contributed by atoms with Gasteiger partial charge in [-0.05, 0) is 35.0 Å². The number of hydrogen-bond acceptors (Lipinski definition) is 4. The molecule has 90 valence electrons. The van der Waals surface area contributed by atoms with Crippen LogP contribution in [0.3, 0.4) is 0 Å². The molecule has 0 radical (unpaired) electrons. The molecular weight excluding hydrogens is 318 g/mol. The molecule has 0 saturated carbocycles. The highest BCUT2D eigenvalue weighted by Gasteiger charge is 2.10. The first-order chi connectivity index (χ1) is 7.14. The molecule has 5 nitrogen and oxygen atoms in total. The van der Waals surface area contributed by atoms with Crippen LogP contribution in [-0.2, 0) is 14.9 Å². The van der Waals surface area contributed by atoms with Crippen LogP contribution in [0.25, 0.3) is 0 Å². The molecular formula is C8H10BrNO4S2. The molecule has 0 unspecified atom stereocenters. The van der Waals surface area contributed by atoms with Crippen molar-refractivity contribution in [1.29, 1.82) is 0 Å². The molecule has 0 spiro atoms. The van der Waals surface area contributed by atoms with Crippen LogP contribution >= 0.6 is 27.3 Å². The Labute approximate surface area is 106 Å². The summed E-state index contributed by atoms with van der Waals surface area (Å²) in [5, 5.41) is 0. The van der Waals surface area contributed by atoms with E-state index in [1.807, 2.05) is 0 Å². The van der Waals surface area contributed by atoms with Crippen molar-refractivity contribution in [2.24, 2.45) is 5.73 Å². The number of amides is 1. The number of rotatable bonds is 2. The fourth-order valence-corrected chi connectivity index (χ4v) is 2.81. The minimum atomic E-state index is -3.99. The van der Waals surface area contributed by atoms with Gasteiger partial charge in [0.1, 0.15) is 4.21 Å². The number of primary amides is 1. The lowest BCUT2D eigenvalue weighted by atomic mass is 10.3. The normalized spacial score (nSPS) is 10.2. The van der Waals surface area contributed by atoms with Gasteiger partial charge in [0.2, 0.25) is 5.91 Å². The summed E-state index contributed by atoms with van der Waals surface area (Å²) in [4.78, 5) is 9.82. The summed E-state index contributed by atoms with van der Waals surface area (Å²) in [6.45, 7) is 4.85. The zero-order valence-corrected chi connectivity index (χ0v) is 11.5. The molecule has 1 aromatic rings. The highest BCUT2D eigenvalue weighted by atomic mass is 79.9. The highest BCUT2D eigenvalue weighted by molar-refractivity contribution is 9.11. The second-order valence-electron chi connectivity index (χ2n) is 2.68. The maximum Gasteiger partial charge on any atom is 0.304 e. The number of carbonyl (C=O) groups is 1. The van der Waals surface area contributed by atoms with Gasteiger partial charge in [0.05, 0.1) is 3.79 Å². The Morgan fingerprint density at radius 1 is 1.56 bits per heavy atom. The van der Waals surface area contributed by atoms with E-state index in [2.05, 4.69) is 22.5 Å². The minimum absolute atomic E-state index is 0.0422. The summed E-state index contributed by atoms with van der Waals surface area (Å²) in [5.74, 6) is -0.435. The monoisotopic (exact) mass is 327 g/mol. The molecule has 0 saturated heterocycles. The van der Waals surface area contributed by atoms with E-state index in [0.29, 0.717) is 9.36 Å². The number of halogens is 1. The van der Waals surface area contributed by atoms with Gasteiger partial charge in [-0.2, -0.15) is 8.42 Å². The van der Waals surface area contributed by atoms with Crippen molar-refractivity contribution < 1.29 is 17.8 Å². The summed E-state index contributed by atoms with van der Waals surface area (Å²) in [5.41, 5.74) is 5.09. The van der Waals surface area contributed by atoms with Gasteiger partial charge in [-0.15, -0.1) is 11.3 Å². The van der Waals surface area contributed by atoms with Gasteiger partial charge in [-0.25, -0.2) is 0 Å². The molecule has 1 amide bonds. The van der Waals surface area contributed by atoms with Crippen molar-refractivity contribution in [3.05, 3.63) is 28.1 Å². The molecule has 0 aliphatic rings. The van der Waals surface area contributed by atoms with Gasteiger partial charge in [-0.1, -0.05) is 6.58 Å². The molecule has 8 heteroatoms. The summed E-state index contributed by atoms with van der Waals surface area (Å²) < 4.78 is 29.9. The van der Waals surface area contributed by atoms with E-state index in [-0.39, 0.29) is 4.21 Å². The quantitative estimate of drug-likeness (QED) is 0.639. The second kappa shape index (κ2) is 6.14. The Balaban J connectivity index is 0.000000325. The molecule has 16 heavy (non-hydrogen) atoms. The summed E-state index contributed by atoms with van der Waals surface area (Å²) >= 11 is 4.04. The number of thiophene rings is 1. The van der Waals surface area contributed by atoms with Gasteiger partial charge in [0.25, 0.3) is 0 Å². The Bertz CT molecular complexity index is 480. The average molecular weight is 328 g/mol. The lowest BCUT2D eigenvalue weighted by Gasteiger charge is -1.85. The first-order valence-corrected chi connectivity index (χ1v) is 6.87. The topological polar surface area (TPSA) is 97.5 Å². The van der Waals surface area contributed by atoms with Crippen LogP contribution < -0.4 is 5.73 Å². The van der Waals surface area contributed by atoms with Crippen molar-refractivity contribution >= 4 is 43.3 Å². The van der Waals surface area contributed by atoms with Crippen molar-refractivity contribution in [3.8, 4) is 0 Å². The first kappa shape index (κ1) is 15.3.